The lowest BCUT2D eigenvalue weighted by Gasteiger charge is -2.23. The molecule has 0 atom stereocenters. The molecule has 2 aliphatic rings. The summed E-state index contributed by atoms with van der Waals surface area (Å²) >= 11 is 0. The first-order chi connectivity index (χ1) is 8.75. The molecular weight excluding hydrogens is 264 g/mol. The summed E-state index contributed by atoms with van der Waals surface area (Å²) in [5.74, 6) is 0.114. The van der Waals surface area contributed by atoms with Gasteiger partial charge in [-0.25, -0.2) is 0 Å². The SMILES string of the molecule is Cl.O=C1NC(=O)c2c(CC3CCNCC3)cccc21. The Bertz CT molecular complexity index is 510. The Morgan fingerprint density at radius 1 is 1.11 bits per heavy atom. The van der Waals surface area contributed by atoms with Crippen LogP contribution in [0, 0.1) is 5.92 Å². The molecule has 1 saturated heterocycles. The zero-order valence-corrected chi connectivity index (χ0v) is 11.4. The average Bonchev–Trinajstić information content (AvgIpc) is 2.67. The molecule has 2 N–H and O–H groups in total. The lowest BCUT2D eigenvalue weighted by molar-refractivity contribution is 0.0879. The third-order valence-electron chi connectivity index (χ3n) is 3.82. The van der Waals surface area contributed by atoms with Crippen LogP contribution in [-0.4, -0.2) is 24.9 Å². The van der Waals surface area contributed by atoms with Crippen molar-refractivity contribution in [2.24, 2.45) is 5.92 Å². The van der Waals surface area contributed by atoms with Gasteiger partial charge in [-0.2, -0.15) is 0 Å². The number of benzene rings is 1. The van der Waals surface area contributed by atoms with Gasteiger partial charge in [0.2, 0.25) is 0 Å². The lowest BCUT2D eigenvalue weighted by Crippen LogP contribution is -2.29. The van der Waals surface area contributed by atoms with E-state index in [4.69, 9.17) is 0 Å². The van der Waals surface area contributed by atoms with Crippen molar-refractivity contribution in [3.63, 3.8) is 0 Å². The van der Waals surface area contributed by atoms with E-state index >= 15 is 0 Å². The van der Waals surface area contributed by atoms with Crippen molar-refractivity contribution < 1.29 is 9.59 Å². The Kier molecular flexibility index (Phi) is 4.22. The second-order valence-electron chi connectivity index (χ2n) is 5.02. The highest BCUT2D eigenvalue weighted by atomic mass is 35.5. The molecule has 1 fully saturated rings. The van der Waals surface area contributed by atoms with E-state index in [1.807, 2.05) is 12.1 Å². The zero-order valence-electron chi connectivity index (χ0n) is 10.6. The topological polar surface area (TPSA) is 58.2 Å². The van der Waals surface area contributed by atoms with Crippen molar-refractivity contribution in [2.75, 3.05) is 13.1 Å². The molecule has 2 aliphatic heterocycles. The Hall–Kier alpha value is -1.39. The maximum atomic E-state index is 11.8. The molecule has 2 heterocycles. The third-order valence-corrected chi connectivity index (χ3v) is 3.82. The van der Waals surface area contributed by atoms with Gasteiger partial charge in [-0.05, 0) is 49.9 Å². The number of carbonyl (C=O) groups is 2. The predicted octanol–water partition coefficient (Wildman–Crippen LogP) is 1.53. The zero-order chi connectivity index (χ0) is 12.5. The normalized spacial score (nSPS) is 18.7. The van der Waals surface area contributed by atoms with E-state index in [0.717, 1.165) is 37.9 Å². The van der Waals surface area contributed by atoms with E-state index in [0.29, 0.717) is 17.0 Å². The highest BCUT2D eigenvalue weighted by molar-refractivity contribution is 6.22. The average molecular weight is 281 g/mol. The number of rotatable bonds is 2. The molecule has 19 heavy (non-hydrogen) atoms. The van der Waals surface area contributed by atoms with Crippen LogP contribution in [0.4, 0.5) is 0 Å². The molecule has 0 bridgehead atoms. The smallest absolute Gasteiger partial charge is 0.259 e. The Morgan fingerprint density at radius 3 is 2.58 bits per heavy atom. The molecule has 102 valence electrons. The van der Waals surface area contributed by atoms with Crippen LogP contribution in [-0.2, 0) is 6.42 Å². The molecular formula is C14H17ClN2O2. The largest absolute Gasteiger partial charge is 0.317 e. The Balaban J connectivity index is 0.00000133. The summed E-state index contributed by atoms with van der Waals surface area (Å²) in [6.07, 6.45) is 3.17. The van der Waals surface area contributed by atoms with E-state index < -0.39 is 0 Å². The summed E-state index contributed by atoms with van der Waals surface area (Å²) in [5.41, 5.74) is 2.15. The summed E-state index contributed by atoms with van der Waals surface area (Å²) in [4.78, 5) is 23.4. The van der Waals surface area contributed by atoms with Crippen molar-refractivity contribution in [1.82, 2.24) is 10.6 Å². The highest BCUT2D eigenvalue weighted by Crippen LogP contribution is 2.25. The maximum absolute atomic E-state index is 11.8. The van der Waals surface area contributed by atoms with Crippen molar-refractivity contribution in [2.45, 2.75) is 19.3 Å². The van der Waals surface area contributed by atoms with Crippen molar-refractivity contribution >= 4 is 24.2 Å². The molecule has 0 aliphatic carbocycles. The van der Waals surface area contributed by atoms with E-state index in [1.54, 1.807) is 6.07 Å². The number of piperidine rings is 1. The van der Waals surface area contributed by atoms with Gasteiger partial charge in [-0.3, -0.25) is 14.9 Å². The first kappa shape index (κ1) is 14.0. The number of hydrogen-bond acceptors (Lipinski definition) is 3. The van der Waals surface area contributed by atoms with Crippen LogP contribution >= 0.6 is 12.4 Å². The van der Waals surface area contributed by atoms with Crippen LogP contribution in [0.25, 0.3) is 0 Å². The maximum Gasteiger partial charge on any atom is 0.259 e. The summed E-state index contributed by atoms with van der Waals surface area (Å²) in [6, 6.07) is 5.56. The van der Waals surface area contributed by atoms with Crippen LogP contribution in [0.1, 0.15) is 39.1 Å². The van der Waals surface area contributed by atoms with E-state index in [1.165, 1.54) is 0 Å². The minimum Gasteiger partial charge on any atom is -0.317 e. The van der Waals surface area contributed by atoms with Gasteiger partial charge < -0.3 is 5.32 Å². The van der Waals surface area contributed by atoms with Gasteiger partial charge in [0, 0.05) is 0 Å². The quantitative estimate of drug-likeness (QED) is 0.808. The van der Waals surface area contributed by atoms with Gasteiger partial charge >= 0.3 is 0 Å². The predicted molar refractivity (Wildman–Crippen MR) is 74.8 cm³/mol. The molecule has 0 radical (unpaired) electrons. The van der Waals surface area contributed by atoms with Crippen LogP contribution in [0.3, 0.4) is 0 Å². The first-order valence-corrected chi connectivity index (χ1v) is 6.44. The number of amides is 2. The minimum atomic E-state index is -0.262. The Labute approximate surface area is 118 Å². The molecule has 0 spiro atoms. The molecule has 0 unspecified atom stereocenters. The molecule has 1 aromatic rings. The summed E-state index contributed by atoms with van der Waals surface area (Å²) in [6.45, 7) is 2.09. The van der Waals surface area contributed by atoms with Gasteiger partial charge in [-0.15, -0.1) is 12.4 Å². The van der Waals surface area contributed by atoms with Gasteiger partial charge in [0.15, 0.2) is 0 Å². The standard InChI is InChI=1S/C14H16N2O2.ClH/c17-13-11-3-1-2-10(12(11)14(18)16-13)8-9-4-6-15-7-5-9;/h1-3,9,15H,4-8H2,(H,16,17,18);1H. The number of hydrogen-bond donors (Lipinski definition) is 2. The fourth-order valence-corrected chi connectivity index (χ4v) is 2.86. The number of carbonyl (C=O) groups excluding carboxylic acids is 2. The van der Waals surface area contributed by atoms with Crippen molar-refractivity contribution in [3.8, 4) is 0 Å². The first-order valence-electron chi connectivity index (χ1n) is 6.44. The second-order valence-corrected chi connectivity index (χ2v) is 5.02. The van der Waals surface area contributed by atoms with Gasteiger partial charge in [0.25, 0.3) is 11.8 Å². The fourth-order valence-electron chi connectivity index (χ4n) is 2.86. The molecule has 3 rings (SSSR count). The van der Waals surface area contributed by atoms with Gasteiger partial charge in [0.1, 0.15) is 0 Å². The summed E-state index contributed by atoms with van der Waals surface area (Å²) < 4.78 is 0. The van der Waals surface area contributed by atoms with Gasteiger partial charge in [-0.1, -0.05) is 12.1 Å². The number of nitrogens with one attached hydrogen (secondary N) is 2. The van der Waals surface area contributed by atoms with Gasteiger partial charge in [0.05, 0.1) is 11.1 Å². The molecule has 5 heteroatoms. The molecule has 4 nitrogen and oxygen atoms in total. The van der Waals surface area contributed by atoms with E-state index in [9.17, 15) is 9.59 Å². The van der Waals surface area contributed by atoms with Crippen molar-refractivity contribution in [1.29, 1.82) is 0 Å². The molecule has 0 saturated carbocycles. The van der Waals surface area contributed by atoms with Crippen LogP contribution in [0.15, 0.2) is 18.2 Å². The number of halogens is 1. The van der Waals surface area contributed by atoms with Crippen LogP contribution in [0.5, 0.6) is 0 Å². The summed E-state index contributed by atoms with van der Waals surface area (Å²) in [7, 11) is 0. The van der Waals surface area contributed by atoms with E-state index in [2.05, 4.69) is 10.6 Å². The Morgan fingerprint density at radius 2 is 1.84 bits per heavy atom. The lowest BCUT2D eigenvalue weighted by atomic mass is 9.88. The van der Waals surface area contributed by atoms with Crippen LogP contribution in [0.2, 0.25) is 0 Å². The summed E-state index contributed by atoms with van der Waals surface area (Å²) in [5, 5.41) is 5.70. The van der Waals surface area contributed by atoms with Crippen molar-refractivity contribution in [3.05, 3.63) is 34.9 Å². The number of fused-ring (bicyclic) bond motifs is 1. The monoisotopic (exact) mass is 280 g/mol. The third kappa shape index (κ3) is 2.65. The second kappa shape index (κ2) is 5.72. The number of imide groups is 1. The minimum absolute atomic E-state index is 0. The van der Waals surface area contributed by atoms with Crippen LogP contribution < -0.4 is 10.6 Å². The van der Waals surface area contributed by atoms with E-state index in [-0.39, 0.29) is 24.2 Å². The molecule has 2 amide bonds. The fraction of sp³-hybridized carbons (Fsp3) is 0.429. The highest BCUT2D eigenvalue weighted by Gasteiger charge is 2.29. The molecule has 1 aromatic carbocycles. The molecule has 0 aromatic heterocycles.